The Balaban J connectivity index is 1.49. The molecule has 8 nitrogen and oxygen atoms in total. The number of nitrogens with one attached hydrogen (secondary N) is 1. The van der Waals surface area contributed by atoms with Gasteiger partial charge >= 0.3 is 0 Å². The van der Waals surface area contributed by atoms with Gasteiger partial charge in [-0.1, -0.05) is 0 Å². The van der Waals surface area contributed by atoms with Gasteiger partial charge in [0.15, 0.2) is 11.5 Å². The molecule has 164 valence electrons. The highest BCUT2D eigenvalue weighted by Gasteiger charge is 2.24. The molecule has 1 aromatic carbocycles. The van der Waals surface area contributed by atoms with Gasteiger partial charge in [-0.15, -0.1) is 5.10 Å². The Morgan fingerprint density at radius 2 is 2.06 bits per heavy atom. The van der Waals surface area contributed by atoms with Gasteiger partial charge in [-0.3, -0.25) is 4.79 Å². The van der Waals surface area contributed by atoms with Gasteiger partial charge in [0.25, 0.3) is 5.91 Å². The summed E-state index contributed by atoms with van der Waals surface area (Å²) in [6, 6.07) is 7.31. The summed E-state index contributed by atoms with van der Waals surface area (Å²) in [6.45, 7) is 6.74. The lowest BCUT2D eigenvalue weighted by molar-refractivity contribution is 0.102. The third-order valence-corrected chi connectivity index (χ3v) is 6.09. The van der Waals surface area contributed by atoms with E-state index >= 15 is 0 Å². The minimum absolute atomic E-state index is 0.225. The molecule has 1 atom stereocenters. The maximum atomic E-state index is 14.4. The molecule has 3 aromatic heterocycles. The molecule has 0 radical (unpaired) electrons. The summed E-state index contributed by atoms with van der Waals surface area (Å²) in [5, 5.41) is 11.9. The standard InChI is InChI=1S/C23H24FN7O/c1-14-11-31-13-16(10-19(24)22(31)26-14)27-23(32)18-4-5-20(17-6-7-25-28-21(17)18)30-9-8-29(3)15(2)12-30/h4-7,10-11,13,15H,8-9,12H2,1-3H3,(H,27,32)/t15-/m1/s1. The molecule has 0 unspecified atom stereocenters. The molecular weight excluding hydrogens is 409 g/mol. The molecule has 1 fully saturated rings. The number of rotatable bonds is 3. The fourth-order valence-corrected chi connectivity index (χ4v) is 4.24. The Bertz CT molecular complexity index is 1330. The number of halogens is 1. The molecule has 1 saturated heterocycles. The zero-order chi connectivity index (χ0) is 22.4. The van der Waals surface area contributed by atoms with Crippen LogP contribution in [0.2, 0.25) is 0 Å². The molecule has 4 aromatic rings. The molecule has 0 saturated carbocycles. The monoisotopic (exact) mass is 433 g/mol. The number of fused-ring (bicyclic) bond motifs is 2. The van der Waals surface area contributed by atoms with E-state index in [4.69, 9.17) is 0 Å². The van der Waals surface area contributed by atoms with Crippen LogP contribution in [0.15, 0.2) is 42.9 Å². The zero-order valence-corrected chi connectivity index (χ0v) is 18.2. The van der Waals surface area contributed by atoms with Gasteiger partial charge in [0.05, 0.1) is 23.1 Å². The van der Waals surface area contributed by atoms with Crippen molar-refractivity contribution in [2.24, 2.45) is 0 Å². The fourth-order valence-electron chi connectivity index (χ4n) is 4.24. The van der Waals surface area contributed by atoms with E-state index in [1.165, 1.54) is 6.07 Å². The second kappa shape index (κ2) is 7.83. The Labute approximate surface area is 184 Å². The number of anilines is 2. The van der Waals surface area contributed by atoms with Crippen LogP contribution in [0.4, 0.5) is 15.8 Å². The second-order valence-corrected chi connectivity index (χ2v) is 8.35. The normalized spacial score (nSPS) is 17.2. The predicted molar refractivity (Wildman–Crippen MR) is 122 cm³/mol. The molecule has 0 bridgehead atoms. The van der Waals surface area contributed by atoms with Crippen LogP contribution in [0, 0.1) is 12.7 Å². The van der Waals surface area contributed by atoms with Gasteiger partial charge < -0.3 is 19.5 Å². The van der Waals surface area contributed by atoms with Crippen molar-refractivity contribution in [1.82, 2.24) is 24.5 Å². The molecule has 5 rings (SSSR count). The van der Waals surface area contributed by atoms with Gasteiger partial charge in [-0.2, -0.15) is 5.10 Å². The van der Waals surface area contributed by atoms with Crippen molar-refractivity contribution in [1.29, 1.82) is 0 Å². The number of hydrogen-bond donors (Lipinski definition) is 1. The van der Waals surface area contributed by atoms with Crippen LogP contribution >= 0.6 is 0 Å². The number of imidazole rings is 1. The van der Waals surface area contributed by atoms with Crippen molar-refractivity contribution in [3.63, 3.8) is 0 Å². The van der Waals surface area contributed by atoms with E-state index in [9.17, 15) is 9.18 Å². The van der Waals surface area contributed by atoms with E-state index in [0.29, 0.717) is 28.5 Å². The topological polar surface area (TPSA) is 78.7 Å². The van der Waals surface area contributed by atoms with Crippen molar-refractivity contribution < 1.29 is 9.18 Å². The number of piperazine rings is 1. The van der Waals surface area contributed by atoms with Crippen molar-refractivity contribution in [3.8, 4) is 0 Å². The van der Waals surface area contributed by atoms with E-state index in [1.54, 1.807) is 36.0 Å². The Morgan fingerprint density at radius 3 is 2.88 bits per heavy atom. The van der Waals surface area contributed by atoms with Crippen LogP contribution in [0.3, 0.4) is 0 Å². The Kier molecular flexibility index (Phi) is 4.97. The van der Waals surface area contributed by atoms with Gasteiger partial charge in [-0.05, 0) is 39.1 Å². The first-order valence-electron chi connectivity index (χ1n) is 10.6. The van der Waals surface area contributed by atoms with Gasteiger partial charge in [0, 0.05) is 55.2 Å². The fraction of sp³-hybridized carbons (Fsp3) is 0.304. The van der Waals surface area contributed by atoms with Crippen LogP contribution in [0.25, 0.3) is 16.6 Å². The first-order chi connectivity index (χ1) is 15.4. The molecule has 4 heterocycles. The average Bonchev–Trinajstić information content (AvgIpc) is 3.15. The minimum Gasteiger partial charge on any atom is -0.368 e. The smallest absolute Gasteiger partial charge is 0.257 e. The van der Waals surface area contributed by atoms with E-state index < -0.39 is 5.82 Å². The maximum absolute atomic E-state index is 14.4. The lowest BCUT2D eigenvalue weighted by Crippen LogP contribution is -2.50. The summed E-state index contributed by atoms with van der Waals surface area (Å²) in [4.78, 5) is 21.9. The van der Waals surface area contributed by atoms with Crippen molar-refractivity contribution in [3.05, 3.63) is 59.9 Å². The molecule has 1 N–H and O–H groups in total. The summed E-state index contributed by atoms with van der Waals surface area (Å²) in [5.41, 5.74) is 3.21. The molecule has 0 spiro atoms. The first kappa shape index (κ1) is 20.3. The number of pyridine rings is 1. The van der Waals surface area contributed by atoms with Gasteiger partial charge in [0.2, 0.25) is 0 Å². The Hall–Kier alpha value is -3.59. The van der Waals surface area contributed by atoms with E-state index in [-0.39, 0.29) is 11.6 Å². The number of aromatic nitrogens is 4. The number of likely N-dealkylation sites (N-methyl/N-ethyl adjacent to an activating group) is 1. The number of amides is 1. The van der Waals surface area contributed by atoms with Crippen molar-refractivity contribution in [2.75, 3.05) is 36.9 Å². The van der Waals surface area contributed by atoms with Crippen LogP contribution in [-0.2, 0) is 0 Å². The minimum atomic E-state index is -0.500. The lowest BCUT2D eigenvalue weighted by atomic mass is 10.1. The highest BCUT2D eigenvalue weighted by Crippen LogP contribution is 2.30. The quantitative estimate of drug-likeness (QED) is 0.535. The SMILES string of the molecule is Cc1cn2cc(NC(=O)c3ccc(N4CCN(C)[C@H](C)C4)c4ccnnc34)cc(F)c2n1. The molecule has 1 aliphatic heterocycles. The van der Waals surface area contributed by atoms with Crippen molar-refractivity contribution in [2.45, 2.75) is 19.9 Å². The largest absolute Gasteiger partial charge is 0.368 e. The highest BCUT2D eigenvalue weighted by molar-refractivity contribution is 6.13. The Morgan fingerprint density at radius 1 is 1.22 bits per heavy atom. The first-order valence-corrected chi connectivity index (χ1v) is 10.6. The van der Waals surface area contributed by atoms with E-state index in [2.05, 4.69) is 44.3 Å². The molecule has 1 amide bonds. The maximum Gasteiger partial charge on any atom is 0.257 e. The molecular formula is C23H24FN7O. The summed E-state index contributed by atoms with van der Waals surface area (Å²) < 4.78 is 16.0. The van der Waals surface area contributed by atoms with Gasteiger partial charge in [0.1, 0.15) is 5.52 Å². The average molecular weight is 433 g/mol. The predicted octanol–water partition coefficient (Wildman–Crippen LogP) is 3.12. The summed E-state index contributed by atoms with van der Waals surface area (Å²) >= 11 is 0. The molecule has 32 heavy (non-hydrogen) atoms. The highest BCUT2D eigenvalue weighted by atomic mass is 19.1. The number of benzene rings is 1. The van der Waals surface area contributed by atoms with Crippen molar-refractivity contribution >= 4 is 33.8 Å². The van der Waals surface area contributed by atoms with Crippen LogP contribution in [0.1, 0.15) is 23.0 Å². The number of nitrogens with zero attached hydrogens (tertiary/aromatic N) is 6. The lowest BCUT2D eigenvalue weighted by Gasteiger charge is -2.39. The van der Waals surface area contributed by atoms with Crippen LogP contribution in [0.5, 0.6) is 0 Å². The third kappa shape index (κ3) is 3.54. The van der Waals surface area contributed by atoms with Gasteiger partial charge in [-0.25, -0.2) is 9.37 Å². The van der Waals surface area contributed by atoms with Crippen LogP contribution in [-0.4, -0.2) is 63.1 Å². The van der Waals surface area contributed by atoms with E-state index in [0.717, 1.165) is 30.7 Å². The zero-order valence-electron chi connectivity index (χ0n) is 18.2. The summed E-state index contributed by atoms with van der Waals surface area (Å²) in [5.74, 6) is -0.871. The summed E-state index contributed by atoms with van der Waals surface area (Å²) in [7, 11) is 2.13. The second-order valence-electron chi connectivity index (χ2n) is 8.35. The number of carbonyl (C=O) groups excluding carboxylic acids is 1. The third-order valence-electron chi connectivity index (χ3n) is 6.09. The molecule has 0 aliphatic carbocycles. The van der Waals surface area contributed by atoms with Crippen LogP contribution < -0.4 is 10.2 Å². The molecule has 9 heteroatoms. The molecule has 1 aliphatic rings. The number of aryl methyl sites for hydroxylation is 1. The summed E-state index contributed by atoms with van der Waals surface area (Å²) in [6.07, 6.45) is 4.99. The number of carbonyl (C=O) groups is 1. The van der Waals surface area contributed by atoms with E-state index in [1.807, 2.05) is 12.1 Å². The number of hydrogen-bond acceptors (Lipinski definition) is 6.